The SMILES string of the molecule is CCNC(=O)COc1cccc(CNC(=NC)NCCCN2CCCCC2C)c1. The number of carbonyl (C=O) groups excluding carboxylic acids is 1. The minimum absolute atomic E-state index is 0.0313. The number of nitrogens with zero attached hydrogens (tertiary/aromatic N) is 2. The third kappa shape index (κ3) is 8.73. The molecule has 1 unspecified atom stereocenters. The van der Waals surface area contributed by atoms with E-state index in [1.807, 2.05) is 31.2 Å². The van der Waals surface area contributed by atoms with Gasteiger partial charge in [-0.15, -0.1) is 0 Å². The highest BCUT2D eigenvalue weighted by molar-refractivity contribution is 5.79. The summed E-state index contributed by atoms with van der Waals surface area (Å²) in [6.45, 7) is 8.77. The molecule has 1 aromatic rings. The van der Waals surface area contributed by atoms with Crippen molar-refractivity contribution >= 4 is 11.9 Å². The maximum Gasteiger partial charge on any atom is 0.257 e. The van der Waals surface area contributed by atoms with Crippen LogP contribution < -0.4 is 20.7 Å². The van der Waals surface area contributed by atoms with Crippen molar-refractivity contribution in [3.05, 3.63) is 29.8 Å². The smallest absolute Gasteiger partial charge is 0.257 e. The van der Waals surface area contributed by atoms with E-state index in [1.54, 1.807) is 7.05 Å². The van der Waals surface area contributed by atoms with E-state index in [4.69, 9.17) is 4.74 Å². The molecule has 7 heteroatoms. The number of carbonyl (C=O) groups is 1. The van der Waals surface area contributed by atoms with Gasteiger partial charge in [-0.2, -0.15) is 0 Å². The summed E-state index contributed by atoms with van der Waals surface area (Å²) in [5.41, 5.74) is 1.07. The lowest BCUT2D eigenvalue weighted by molar-refractivity contribution is -0.122. The molecule has 1 saturated heterocycles. The van der Waals surface area contributed by atoms with Crippen LogP contribution in [0.3, 0.4) is 0 Å². The molecule has 7 nitrogen and oxygen atoms in total. The Bertz CT molecular complexity index is 650. The van der Waals surface area contributed by atoms with Gasteiger partial charge in [0.1, 0.15) is 5.75 Å². The van der Waals surface area contributed by atoms with E-state index in [0.29, 0.717) is 24.9 Å². The highest BCUT2D eigenvalue weighted by Crippen LogP contribution is 2.16. The maximum atomic E-state index is 11.5. The third-order valence-corrected chi connectivity index (χ3v) is 5.18. The summed E-state index contributed by atoms with van der Waals surface area (Å²) in [5, 5.41) is 9.45. The Kier molecular flexibility index (Phi) is 10.3. The number of hydrogen-bond donors (Lipinski definition) is 3. The molecule has 3 N–H and O–H groups in total. The number of aliphatic imine (C=N–C) groups is 1. The van der Waals surface area contributed by atoms with E-state index in [0.717, 1.165) is 31.0 Å². The van der Waals surface area contributed by atoms with Crippen molar-refractivity contribution in [1.29, 1.82) is 0 Å². The molecule has 162 valence electrons. The van der Waals surface area contributed by atoms with E-state index in [2.05, 4.69) is 32.8 Å². The van der Waals surface area contributed by atoms with Gasteiger partial charge in [0.2, 0.25) is 0 Å². The fourth-order valence-electron chi connectivity index (χ4n) is 3.53. The van der Waals surface area contributed by atoms with Crippen molar-refractivity contribution < 1.29 is 9.53 Å². The lowest BCUT2D eigenvalue weighted by Gasteiger charge is -2.33. The highest BCUT2D eigenvalue weighted by atomic mass is 16.5. The predicted molar refractivity (Wildman–Crippen MR) is 118 cm³/mol. The van der Waals surface area contributed by atoms with Gasteiger partial charge in [0, 0.05) is 39.3 Å². The van der Waals surface area contributed by atoms with Gasteiger partial charge in [0.05, 0.1) is 0 Å². The molecule has 1 amide bonds. The molecule has 1 aromatic carbocycles. The van der Waals surface area contributed by atoms with Crippen LogP contribution in [0, 0.1) is 0 Å². The molecule has 0 bridgehead atoms. The first-order valence-electron chi connectivity index (χ1n) is 10.8. The van der Waals surface area contributed by atoms with Gasteiger partial charge in [-0.25, -0.2) is 0 Å². The Balaban J connectivity index is 1.69. The van der Waals surface area contributed by atoms with Gasteiger partial charge >= 0.3 is 0 Å². The van der Waals surface area contributed by atoms with Crippen molar-refractivity contribution in [3.8, 4) is 5.75 Å². The van der Waals surface area contributed by atoms with Gasteiger partial charge < -0.3 is 25.6 Å². The topological polar surface area (TPSA) is 78.0 Å². The third-order valence-electron chi connectivity index (χ3n) is 5.18. The van der Waals surface area contributed by atoms with Gasteiger partial charge in [-0.1, -0.05) is 18.6 Å². The summed E-state index contributed by atoms with van der Waals surface area (Å²) >= 11 is 0. The average molecular weight is 404 g/mol. The van der Waals surface area contributed by atoms with Crippen LogP contribution in [0.25, 0.3) is 0 Å². The van der Waals surface area contributed by atoms with Crippen LogP contribution in [0.15, 0.2) is 29.3 Å². The average Bonchev–Trinajstić information content (AvgIpc) is 2.73. The number of rotatable bonds is 10. The van der Waals surface area contributed by atoms with E-state index in [-0.39, 0.29) is 12.5 Å². The molecule has 1 fully saturated rings. The summed E-state index contributed by atoms with van der Waals surface area (Å²) < 4.78 is 5.55. The lowest BCUT2D eigenvalue weighted by Crippen LogP contribution is -2.41. The maximum absolute atomic E-state index is 11.5. The number of likely N-dealkylation sites (N-methyl/N-ethyl adjacent to an activating group) is 1. The number of likely N-dealkylation sites (tertiary alicyclic amines) is 1. The van der Waals surface area contributed by atoms with E-state index >= 15 is 0 Å². The summed E-state index contributed by atoms with van der Waals surface area (Å²) in [4.78, 5) is 18.4. The fourth-order valence-corrected chi connectivity index (χ4v) is 3.53. The molecule has 0 radical (unpaired) electrons. The van der Waals surface area contributed by atoms with Crippen LogP contribution in [-0.4, -0.2) is 62.6 Å². The molecule has 1 aliphatic rings. The zero-order valence-electron chi connectivity index (χ0n) is 18.2. The Morgan fingerprint density at radius 1 is 1.28 bits per heavy atom. The van der Waals surface area contributed by atoms with E-state index in [1.165, 1.54) is 25.8 Å². The van der Waals surface area contributed by atoms with Crippen molar-refractivity contribution in [3.63, 3.8) is 0 Å². The number of piperidine rings is 1. The van der Waals surface area contributed by atoms with Gasteiger partial charge in [-0.3, -0.25) is 9.79 Å². The zero-order chi connectivity index (χ0) is 20.9. The molecular weight excluding hydrogens is 366 g/mol. The molecule has 2 rings (SSSR count). The Labute approximate surface area is 175 Å². The highest BCUT2D eigenvalue weighted by Gasteiger charge is 2.17. The van der Waals surface area contributed by atoms with Crippen molar-refractivity contribution in [2.75, 3.05) is 39.8 Å². The van der Waals surface area contributed by atoms with Gasteiger partial charge in [-0.05, 0) is 57.4 Å². The second kappa shape index (κ2) is 13.0. The molecule has 0 spiro atoms. The lowest BCUT2D eigenvalue weighted by atomic mass is 10.0. The molecule has 0 aliphatic carbocycles. The first-order valence-corrected chi connectivity index (χ1v) is 10.8. The minimum atomic E-state index is -0.112. The van der Waals surface area contributed by atoms with E-state index < -0.39 is 0 Å². The number of benzene rings is 1. The number of ether oxygens (including phenoxy) is 1. The van der Waals surface area contributed by atoms with Crippen LogP contribution in [0.4, 0.5) is 0 Å². The van der Waals surface area contributed by atoms with Crippen LogP contribution in [0.1, 0.15) is 45.1 Å². The largest absolute Gasteiger partial charge is 0.484 e. The van der Waals surface area contributed by atoms with Crippen molar-refractivity contribution in [1.82, 2.24) is 20.9 Å². The molecular formula is C22H37N5O2. The number of amides is 1. The second-order valence-corrected chi connectivity index (χ2v) is 7.48. The Hall–Kier alpha value is -2.28. The van der Waals surface area contributed by atoms with E-state index in [9.17, 15) is 4.79 Å². The van der Waals surface area contributed by atoms with Crippen LogP contribution in [0.5, 0.6) is 5.75 Å². The second-order valence-electron chi connectivity index (χ2n) is 7.48. The molecule has 0 saturated carbocycles. The van der Waals surface area contributed by atoms with Crippen LogP contribution in [-0.2, 0) is 11.3 Å². The number of hydrogen-bond acceptors (Lipinski definition) is 4. The first kappa shape index (κ1) is 23.0. The normalized spacial score (nSPS) is 17.6. The van der Waals surface area contributed by atoms with Crippen molar-refractivity contribution in [2.24, 2.45) is 4.99 Å². The van der Waals surface area contributed by atoms with Gasteiger partial charge in [0.25, 0.3) is 5.91 Å². The Morgan fingerprint density at radius 3 is 2.90 bits per heavy atom. The standard InChI is InChI=1S/C22H37N5O2/c1-4-24-21(28)17-29-20-11-7-10-19(15-20)16-26-22(23-3)25-12-8-14-27-13-6-5-9-18(27)2/h7,10-11,15,18H,4-6,8-9,12-14,16-17H2,1-3H3,(H,24,28)(H2,23,25,26). The fraction of sp³-hybridized carbons (Fsp3) is 0.636. The predicted octanol–water partition coefficient (Wildman–Crippen LogP) is 2.13. The Morgan fingerprint density at radius 2 is 2.14 bits per heavy atom. The molecule has 0 aromatic heterocycles. The summed E-state index contributed by atoms with van der Waals surface area (Å²) in [7, 11) is 1.79. The summed E-state index contributed by atoms with van der Waals surface area (Å²) in [6.07, 6.45) is 5.12. The molecule has 29 heavy (non-hydrogen) atoms. The number of nitrogens with one attached hydrogen (secondary N) is 3. The zero-order valence-corrected chi connectivity index (χ0v) is 18.2. The summed E-state index contributed by atoms with van der Waals surface area (Å²) in [5.74, 6) is 1.37. The quantitative estimate of drug-likeness (QED) is 0.317. The van der Waals surface area contributed by atoms with Crippen molar-refractivity contribution in [2.45, 2.75) is 52.1 Å². The molecule has 1 heterocycles. The monoisotopic (exact) mass is 403 g/mol. The summed E-state index contributed by atoms with van der Waals surface area (Å²) in [6, 6.07) is 8.47. The first-order chi connectivity index (χ1) is 14.1. The number of guanidine groups is 1. The van der Waals surface area contributed by atoms with Gasteiger partial charge in [0.15, 0.2) is 12.6 Å². The molecule has 1 aliphatic heterocycles. The van der Waals surface area contributed by atoms with Crippen LogP contribution in [0.2, 0.25) is 0 Å². The minimum Gasteiger partial charge on any atom is -0.484 e. The van der Waals surface area contributed by atoms with Crippen LogP contribution >= 0.6 is 0 Å². The molecule has 1 atom stereocenters.